The Kier molecular flexibility index (Phi) is 5.47. The van der Waals surface area contributed by atoms with Crippen molar-refractivity contribution in [3.8, 4) is 0 Å². The van der Waals surface area contributed by atoms with Gasteiger partial charge >= 0.3 is 5.97 Å². The normalized spacial score (nSPS) is 44.5. The van der Waals surface area contributed by atoms with Crippen LogP contribution in [0.4, 0.5) is 0 Å². The van der Waals surface area contributed by atoms with Gasteiger partial charge in [-0.1, -0.05) is 65.3 Å². The number of fused-ring (bicyclic) bond motifs is 10. The second-order valence-corrected chi connectivity index (χ2v) is 16.7. The first-order valence-corrected chi connectivity index (χ1v) is 16.1. The molecule has 2 aromatic rings. The maximum atomic E-state index is 14.8. The molecule has 0 saturated heterocycles. The molecule has 220 valence electrons. The minimum absolute atomic E-state index is 0.0106. The quantitative estimate of drug-likeness (QED) is 0.360. The molecule has 4 heteroatoms. The summed E-state index contributed by atoms with van der Waals surface area (Å²) in [5, 5.41) is 1.32. The topological polar surface area (TPSA) is 59.2 Å². The lowest BCUT2D eigenvalue weighted by Gasteiger charge is -2.70. The van der Waals surface area contributed by atoms with Gasteiger partial charge in [0.1, 0.15) is 0 Å². The standard InChI is InChI=1S/C37H49NO3/c1-32(2)28-13-14-37(7)29(35(28,5)20-23-22-11-9-10-12-26(22)38-30(23)32)27(39)19-24-25-21-34(4,31(40)41-8)16-15-33(25,3)17-18-36(24,37)6/h9-12,19,25,28-29,38H,13-18,20-21H2,1-8H3/t25-,28-,29+,33-,34+,35+,36-,37-/m1/s1. The number of ketones is 1. The Morgan fingerprint density at radius 2 is 1.66 bits per heavy atom. The molecule has 1 aromatic carbocycles. The number of para-hydroxylation sites is 1. The summed E-state index contributed by atoms with van der Waals surface area (Å²) in [4.78, 5) is 31.6. The van der Waals surface area contributed by atoms with Crippen molar-refractivity contribution in [2.45, 2.75) is 105 Å². The van der Waals surface area contributed by atoms with E-state index >= 15 is 0 Å². The van der Waals surface area contributed by atoms with Gasteiger partial charge in [-0.3, -0.25) is 9.59 Å². The van der Waals surface area contributed by atoms with E-state index in [4.69, 9.17) is 4.74 Å². The van der Waals surface area contributed by atoms with Crippen molar-refractivity contribution in [3.63, 3.8) is 0 Å². The van der Waals surface area contributed by atoms with Gasteiger partial charge in [-0.15, -0.1) is 0 Å². The molecule has 7 rings (SSSR count). The van der Waals surface area contributed by atoms with Crippen LogP contribution < -0.4 is 0 Å². The maximum absolute atomic E-state index is 14.8. The summed E-state index contributed by atoms with van der Waals surface area (Å²) in [6.07, 6.45) is 10.3. The number of hydrogen-bond acceptors (Lipinski definition) is 3. The first-order valence-electron chi connectivity index (χ1n) is 16.1. The van der Waals surface area contributed by atoms with Crippen molar-refractivity contribution < 1.29 is 14.3 Å². The average molecular weight is 556 g/mol. The lowest BCUT2D eigenvalue weighted by molar-refractivity contribution is -0.174. The van der Waals surface area contributed by atoms with Gasteiger partial charge in [0.15, 0.2) is 5.78 Å². The van der Waals surface area contributed by atoms with E-state index in [1.54, 1.807) is 0 Å². The average Bonchev–Trinajstić information content (AvgIpc) is 3.29. The molecule has 1 aromatic heterocycles. The smallest absolute Gasteiger partial charge is 0.311 e. The number of rotatable bonds is 1. The Labute approximate surface area is 246 Å². The van der Waals surface area contributed by atoms with E-state index in [9.17, 15) is 9.59 Å². The molecule has 5 aliphatic rings. The Balaban J connectivity index is 1.37. The van der Waals surface area contributed by atoms with Crippen molar-refractivity contribution in [2.75, 3.05) is 7.11 Å². The van der Waals surface area contributed by atoms with Gasteiger partial charge in [0.25, 0.3) is 0 Å². The molecule has 0 spiro atoms. The number of hydrogen-bond donors (Lipinski definition) is 1. The Bertz CT molecular complexity index is 1510. The molecular weight excluding hydrogens is 506 g/mol. The van der Waals surface area contributed by atoms with Crippen molar-refractivity contribution in [3.05, 3.63) is 47.2 Å². The first kappa shape index (κ1) is 27.5. The Hall–Kier alpha value is -2.36. The number of aromatic amines is 1. The lowest BCUT2D eigenvalue weighted by Crippen LogP contribution is -2.66. The van der Waals surface area contributed by atoms with Crippen LogP contribution in [0.25, 0.3) is 10.9 Å². The number of carbonyl (C=O) groups is 2. The Morgan fingerprint density at radius 1 is 0.951 bits per heavy atom. The van der Waals surface area contributed by atoms with E-state index in [2.05, 4.69) is 83.8 Å². The Morgan fingerprint density at radius 3 is 2.39 bits per heavy atom. The molecule has 0 aliphatic heterocycles. The fourth-order valence-electron chi connectivity index (χ4n) is 11.9. The fraction of sp³-hybridized carbons (Fsp3) is 0.676. The predicted molar refractivity (Wildman–Crippen MR) is 163 cm³/mol. The van der Waals surface area contributed by atoms with Gasteiger partial charge in [0.2, 0.25) is 0 Å². The SMILES string of the molecule is COC(=O)[C@@]1(C)CC[C@]2(C)CC[C@]3(C)C(=CC(=O)[C@H]4[C@@]5(C)Cc6c([nH]c7ccccc67)C(C)(C)[C@H]5CC[C@]43C)[C@H]2C1. The third-order valence-electron chi connectivity index (χ3n) is 14.4. The first-order chi connectivity index (χ1) is 19.1. The summed E-state index contributed by atoms with van der Waals surface area (Å²) in [5.74, 6) is 0.923. The zero-order chi connectivity index (χ0) is 29.4. The van der Waals surface area contributed by atoms with Crippen molar-refractivity contribution >= 4 is 22.7 Å². The number of ether oxygens (including phenoxy) is 1. The van der Waals surface area contributed by atoms with Gasteiger partial charge in [-0.2, -0.15) is 0 Å². The molecule has 0 radical (unpaired) electrons. The molecule has 0 bridgehead atoms. The molecule has 0 unspecified atom stereocenters. The molecule has 41 heavy (non-hydrogen) atoms. The van der Waals surface area contributed by atoms with E-state index in [-0.39, 0.29) is 44.9 Å². The minimum atomic E-state index is -0.485. The molecule has 8 atom stereocenters. The number of methoxy groups -OCH3 is 1. The zero-order valence-corrected chi connectivity index (χ0v) is 26.5. The van der Waals surface area contributed by atoms with Crippen molar-refractivity contribution in [2.24, 2.45) is 44.8 Å². The lowest BCUT2D eigenvalue weighted by atomic mass is 9.33. The van der Waals surface area contributed by atoms with E-state index in [1.807, 2.05) is 0 Å². The van der Waals surface area contributed by atoms with Crippen LogP contribution in [0, 0.1) is 44.8 Å². The van der Waals surface area contributed by atoms with Crippen LogP contribution in [0.3, 0.4) is 0 Å². The molecule has 3 fully saturated rings. The number of aromatic nitrogens is 1. The highest BCUT2D eigenvalue weighted by atomic mass is 16.5. The predicted octanol–water partition coefficient (Wildman–Crippen LogP) is 8.34. The van der Waals surface area contributed by atoms with Gasteiger partial charge in [-0.25, -0.2) is 0 Å². The van der Waals surface area contributed by atoms with Crippen LogP contribution in [-0.4, -0.2) is 23.8 Å². The number of allylic oxidation sites excluding steroid dienone is 2. The molecule has 4 nitrogen and oxygen atoms in total. The van der Waals surface area contributed by atoms with Crippen LogP contribution in [0.1, 0.15) is 105 Å². The zero-order valence-electron chi connectivity index (χ0n) is 26.5. The highest BCUT2D eigenvalue weighted by Gasteiger charge is 2.70. The number of H-pyrrole nitrogens is 1. The minimum Gasteiger partial charge on any atom is -0.469 e. The summed E-state index contributed by atoms with van der Waals surface area (Å²) in [6.45, 7) is 16.8. The van der Waals surface area contributed by atoms with Gasteiger partial charge in [0, 0.05) is 27.9 Å². The molecular formula is C37H49NO3. The van der Waals surface area contributed by atoms with Gasteiger partial charge < -0.3 is 9.72 Å². The maximum Gasteiger partial charge on any atom is 0.311 e. The third-order valence-corrected chi connectivity index (χ3v) is 14.4. The second-order valence-electron chi connectivity index (χ2n) is 16.7. The monoisotopic (exact) mass is 555 g/mol. The van der Waals surface area contributed by atoms with Crippen LogP contribution in [0.5, 0.6) is 0 Å². The van der Waals surface area contributed by atoms with E-state index in [1.165, 1.54) is 34.8 Å². The van der Waals surface area contributed by atoms with Crippen LogP contribution in [0.15, 0.2) is 35.9 Å². The van der Waals surface area contributed by atoms with Gasteiger partial charge in [0.05, 0.1) is 12.5 Å². The number of esters is 1. The number of nitrogens with one attached hydrogen (secondary N) is 1. The third kappa shape index (κ3) is 3.23. The number of carbonyl (C=O) groups excluding carboxylic acids is 2. The molecule has 0 amide bonds. The molecule has 3 saturated carbocycles. The summed E-state index contributed by atoms with van der Waals surface area (Å²) < 4.78 is 5.31. The summed E-state index contributed by atoms with van der Waals surface area (Å²) in [5.41, 5.74) is 4.72. The van der Waals surface area contributed by atoms with Gasteiger partial charge in [-0.05, 0) is 109 Å². The summed E-state index contributed by atoms with van der Waals surface area (Å²) >= 11 is 0. The van der Waals surface area contributed by atoms with Crippen LogP contribution in [0.2, 0.25) is 0 Å². The van der Waals surface area contributed by atoms with Crippen LogP contribution >= 0.6 is 0 Å². The molecule has 1 heterocycles. The largest absolute Gasteiger partial charge is 0.469 e. The van der Waals surface area contributed by atoms with E-state index in [0.717, 1.165) is 51.4 Å². The summed E-state index contributed by atoms with van der Waals surface area (Å²) in [7, 11) is 1.52. The molecule has 1 N–H and O–H groups in total. The van der Waals surface area contributed by atoms with E-state index in [0.29, 0.717) is 11.7 Å². The highest BCUT2D eigenvalue weighted by molar-refractivity contribution is 5.96. The number of benzene rings is 1. The van der Waals surface area contributed by atoms with Crippen LogP contribution in [-0.2, 0) is 26.2 Å². The second kappa shape index (κ2) is 8.17. The fourth-order valence-corrected chi connectivity index (χ4v) is 11.9. The molecule has 5 aliphatic carbocycles. The highest BCUT2D eigenvalue weighted by Crippen LogP contribution is 2.75. The van der Waals surface area contributed by atoms with E-state index < -0.39 is 5.41 Å². The van der Waals surface area contributed by atoms with Crippen molar-refractivity contribution in [1.29, 1.82) is 0 Å². The van der Waals surface area contributed by atoms with Crippen molar-refractivity contribution in [1.82, 2.24) is 4.98 Å². The summed E-state index contributed by atoms with van der Waals surface area (Å²) in [6, 6.07) is 8.73.